The number of carbonyl (C=O) groups excluding carboxylic acids is 1. The minimum atomic E-state index is -3.58. The summed E-state index contributed by atoms with van der Waals surface area (Å²) in [7, 11) is -3.58. The van der Waals surface area contributed by atoms with Crippen LogP contribution in [0.4, 0.5) is 20.6 Å². The number of urea groups is 1. The van der Waals surface area contributed by atoms with Crippen molar-refractivity contribution in [2.75, 3.05) is 36.4 Å². The molecule has 2 saturated heterocycles. The van der Waals surface area contributed by atoms with Crippen LogP contribution in [0.25, 0.3) is 0 Å². The predicted molar refractivity (Wildman–Crippen MR) is 105 cm³/mol. The van der Waals surface area contributed by atoms with E-state index in [0.29, 0.717) is 37.3 Å². The fourth-order valence-electron chi connectivity index (χ4n) is 3.81. The van der Waals surface area contributed by atoms with E-state index in [4.69, 9.17) is 9.88 Å². The Morgan fingerprint density at radius 3 is 2.36 bits per heavy atom. The van der Waals surface area contributed by atoms with Crippen LogP contribution in [0.1, 0.15) is 26.7 Å². The van der Waals surface area contributed by atoms with Gasteiger partial charge in [0, 0.05) is 31.9 Å². The molecule has 3 N–H and O–H groups in total. The van der Waals surface area contributed by atoms with Crippen LogP contribution in [0.5, 0.6) is 0 Å². The number of hydrogen-bond acceptors (Lipinski definition) is 5. The second-order valence-corrected chi connectivity index (χ2v) is 9.38. The van der Waals surface area contributed by atoms with E-state index in [0.717, 1.165) is 0 Å². The van der Waals surface area contributed by atoms with Crippen molar-refractivity contribution < 1.29 is 22.3 Å². The molecule has 2 aliphatic heterocycles. The van der Waals surface area contributed by atoms with Crippen LogP contribution in [0.2, 0.25) is 0 Å². The lowest BCUT2D eigenvalue weighted by atomic mass is 10.1. The molecule has 0 radical (unpaired) electrons. The molecular weight excluding hydrogens is 387 g/mol. The van der Waals surface area contributed by atoms with Crippen molar-refractivity contribution in [2.45, 2.75) is 44.1 Å². The highest BCUT2D eigenvalue weighted by molar-refractivity contribution is 7.89. The average molecular weight is 415 g/mol. The summed E-state index contributed by atoms with van der Waals surface area (Å²) in [5.41, 5.74) is 0.836. The fraction of sp³-hybridized carbons (Fsp3) is 0.611. The Morgan fingerprint density at radius 1 is 1.21 bits per heavy atom. The molecule has 2 aliphatic rings. The van der Waals surface area contributed by atoms with Crippen LogP contribution in [-0.4, -0.2) is 63.0 Å². The quantitative estimate of drug-likeness (QED) is 0.784. The number of benzene rings is 1. The summed E-state index contributed by atoms with van der Waals surface area (Å²) in [4.78, 5) is 15.8. The SMILES string of the molecule is C[C@H]1CN(c2ccc(NC(=O)N3CCC(S(N)(=O)=O)CC3)cc2F)C[C@H](C)O1. The van der Waals surface area contributed by atoms with E-state index in [1.54, 1.807) is 12.1 Å². The van der Waals surface area contributed by atoms with Gasteiger partial charge in [-0.3, -0.25) is 0 Å². The van der Waals surface area contributed by atoms with Crippen molar-refractivity contribution in [1.82, 2.24) is 4.90 Å². The van der Waals surface area contributed by atoms with Gasteiger partial charge in [-0.05, 0) is 44.9 Å². The molecule has 1 aromatic carbocycles. The van der Waals surface area contributed by atoms with Gasteiger partial charge >= 0.3 is 6.03 Å². The number of rotatable bonds is 3. The van der Waals surface area contributed by atoms with Crippen molar-refractivity contribution in [2.24, 2.45) is 5.14 Å². The number of carbonyl (C=O) groups is 1. The number of anilines is 2. The summed E-state index contributed by atoms with van der Waals surface area (Å²) in [6.45, 7) is 5.69. The minimum absolute atomic E-state index is 0.0165. The molecule has 28 heavy (non-hydrogen) atoms. The van der Waals surface area contributed by atoms with Gasteiger partial charge < -0.3 is 19.9 Å². The maximum absolute atomic E-state index is 14.6. The molecule has 3 rings (SSSR count). The highest BCUT2D eigenvalue weighted by atomic mass is 32.2. The molecule has 0 bridgehead atoms. The zero-order valence-electron chi connectivity index (χ0n) is 16.1. The smallest absolute Gasteiger partial charge is 0.321 e. The molecule has 8 nitrogen and oxygen atoms in total. The van der Waals surface area contributed by atoms with Gasteiger partial charge in [-0.2, -0.15) is 0 Å². The molecule has 2 amide bonds. The highest BCUT2D eigenvalue weighted by Crippen LogP contribution is 2.26. The van der Waals surface area contributed by atoms with E-state index in [1.807, 2.05) is 18.7 Å². The number of nitrogens with one attached hydrogen (secondary N) is 1. The van der Waals surface area contributed by atoms with E-state index >= 15 is 0 Å². The standard InChI is InChI=1S/C18H27FN4O4S/c1-12-10-23(11-13(2)27-12)17-4-3-14(9-16(17)19)21-18(24)22-7-5-15(6-8-22)28(20,25)26/h3-4,9,12-13,15H,5-8,10-11H2,1-2H3,(H,21,24)(H2,20,25,26)/t12-,13-/m0/s1. The highest BCUT2D eigenvalue weighted by Gasteiger charge is 2.29. The Hall–Kier alpha value is -1.91. The zero-order chi connectivity index (χ0) is 20.5. The van der Waals surface area contributed by atoms with Gasteiger partial charge in [0.1, 0.15) is 5.82 Å². The maximum atomic E-state index is 14.6. The third-order valence-electron chi connectivity index (χ3n) is 5.15. The Morgan fingerprint density at radius 2 is 1.82 bits per heavy atom. The van der Waals surface area contributed by atoms with E-state index < -0.39 is 21.1 Å². The number of morpholine rings is 1. The first kappa shape index (κ1) is 20.8. The van der Waals surface area contributed by atoms with Gasteiger partial charge in [-0.25, -0.2) is 22.7 Å². The number of primary sulfonamides is 1. The van der Waals surface area contributed by atoms with E-state index in [1.165, 1.54) is 11.0 Å². The summed E-state index contributed by atoms with van der Waals surface area (Å²) >= 11 is 0. The van der Waals surface area contributed by atoms with Crippen LogP contribution >= 0.6 is 0 Å². The predicted octanol–water partition coefficient (Wildman–Crippen LogP) is 1.72. The number of ether oxygens (including phenoxy) is 1. The molecule has 156 valence electrons. The molecule has 0 aromatic heterocycles. The summed E-state index contributed by atoms with van der Waals surface area (Å²) < 4.78 is 43.1. The molecule has 1 aromatic rings. The summed E-state index contributed by atoms with van der Waals surface area (Å²) in [6.07, 6.45) is 0.630. The van der Waals surface area contributed by atoms with Crippen LogP contribution in [0, 0.1) is 5.82 Å². The molecular formula is C18H27FN4O4S. The lowest BCUT2D eigenvalue weighted by molar-refractivity contribution is -0.00539. The van der Waals surface area contributed by atoms with Crippen molar-refractivity contribution in [3.8, 4) is 0 Å². The third-order valence-corrected chi connectivity index (χ3v) is 6.55. The van der Waals surface area contributed by atoms with E-state index in [2.05, 4.69) is 5.32 Å². The van der Waals surface area contributed by atoms with Crippen molar-refractivity contribution in [3.05, 3.63) is 24.0 Å². The number of hydrogen-bond donors (Lipinski definition) is 2. The van der Waals surface area contributed by atoms with Gasteiger partial charge in [0.05, 0.1) is 23.1 Å². The van der Waals surface area contributed by atoms with Crippen LogP contribution in [0.3, 0.4) is 0 Å². The maximum Gasteiger partial charge on any atom is 0.321 e. The van der Waals surface area contributed by atoms with Crippen molar-refractivity contribution >= 4 is 27.4 Å². The molecule has 0 aliphatic carbocycles. The Bertz CT molecular complexity index is 817. The number of halogens is 1. The number of nitrogens with zero attached hydrogens (tertiary/aromatic N) is 2. The molecule has 0 spiro atoms. The number of sulfonamides is 1. The zero-order valence-corrected chi connectivity index (χ0v) is 16.9. The Balaban J connectivity index is 1.61. The first-order valence-corrected chi connectivity index (χ1v) is 11.0. The van der Waals surface area contributed by atoms with Gasteiger partial charge in [0.15, 0.2) is 0 Å². The van der Waals surface area contributed by atoms with Crippen LogP contribution in [-0.2, 0) is 14.8 Å². The number of likely N-dealkylation sites (tertiary alicyclic amines) is 1. The topological polar surface area (TPSA) is 105 Å². The van der Waals surface area contributed by atoms with Crippen molar-refractivity contribution in [3.63, 3.8) is 0 Å². The van der Waals surface area contributed by atoms with Gasteiger partial charge in [0.2, 0.25) is 10.0 Å². The van der Waals surface area contributed by atoms with Crippen LogP contribution in [0.15, 0.2) is 18.2 Å². The minimum Gasteiger partial charge on any atom is -0.372 e. The molecule has 2 atom stereocenters. The van der Waals surface area contributed by atoms with Crippen LogP contribution < -0.4 is 15.4 Å². The van der Waals surface area contributed by atoms with Gasteiger partial charge in [0.25, 0.3) is 0 Å². The van der Waals surface area contributed by atoms with Gasteiger partial charge in [-0.15, -0.1) is 0 Å². The summed E-state index contributed by atoms with van der Waals surface area (Å²) in [6, 6.07) is 4.24. The number of amides is 2. The lowest BCUT2D eigenvalue weighted by Crippen LogP contribution is -2.46. The van der Waals surface area contributed by atoms with E-state index in [9.17, 15) is 17.6 Å². The average Bonchev–Trinajstić information content (AvgIpc) is 2.60. The Kier molecular flexibility index (Phi) is 6.11. The Labute approximate surface area is 164 Å². The summed E-state index contributed by atoms with van der Waals surface area (Å²) in [5, 5.41) is 7.22. The molecule has 10 heteroatoms. The number of piperidine rings is 1. The van der Waals surface area contributed by atoms with Gasteiger partial charge in [-0.1, -0.05) is 0 Å². The normalized spacial score (nSPS) is 24.3. The molecule has 0 saturated carbocycles. The second-order valence-electron chi connectivity index (χ2n) is 7.53. The number of nitrogens with two attached hydrogens (primary N) is 1. The second kappa shape index (κ2) is 8.22. The molecule has 0 unspecified atom stereocenters. The first-order valence-electron chi connectivity index (χ1n) is 9.41. The lowest BCUT2D eigenvalue weighted by Gasteiger charge is -2.37. The largest absolute Gasteiger partial charge is 0.372 e. The first-order chi connectivity index (χ1) is 13.1. The van der Waals surface area contributed by atoms with E-state index in [-0.39, 0.29) is 31.3 Å². The monoisotopic (exact) mass is 414 g/mol. The van der Waals surface area contributed by atoms with Crippen molar-refractivity contribution in [1.29, 1.82) is 0 Å². The third kappa shape index (κ3) is 4.92. The fourth-order valence-corrected chi connectivity index (χ4v) is 4.67. The summed E-state index contributed by atoms with van der Waals surface area (Å²) in [5.74, 6) is -0.410. The molecule has 2 heterocycles. The molecule has 2 fully saturated rings.